The zero-order valence-corrected chi connectivity index (χ0v) is 23.0. The number of nitriles is 1. The van der Waals surface area contributed by atoms with Gasteiger partial charge in [0.1, 0.15) is 6.07 Å². The molecule has 4 aromatic rings. The topological polar surface area (TPSA) is 105 Å². The highest BCUT2D eigenvalue weighted by Gasteiger charge is 2.33. The minimum Gasteiger partial charge on any atom is -0.373 e. The van der Waals surface area contributed by atoms with Crippen molar-refractivity contribution in [3.63, 3.8) is 0 Å². The number of ketones is 1. The molecule has 1 aliphatic heterocycles. The molecule has 2 aliphatic rings. The van der Waals surface area contributed by atoms with Crippen LogP contribution in [0.25, 0.3) is 10.9 Å². The molecule has 4 N–H and O–H groups in total. The van der Waals surface area contributed by atoms with Gasteiger partial charge < -0.3 is 16.1 Å². The van der Waals surface area contributed by atoms with Crippen LogP contribution in [0.1, 0.15) is 47.3 Å². The third-order valence-electron chi connectivity index (χ3n) is 6.95. The largest absolute Gasteiger partial charge is 0.373 e. The lowest BCUT2D eigenvalue weighted by Gasteiger charge is -2.23. The molecule has 0 saturated heterocycles. The van der Waals surface area contributed by atoms with Gasteiger partial charge >= 0.3 is 0 Å². The number of nitrogens with one attached hydrogen (secondary N) is 4. The summed E-state index contributed by atoms with van der Waals surface area (Å²) in [4.78, 5) is 17.3. The molecular weight excluding hydrogens is 545 g/mol. The van der Waals surface area contributed by atoms with Crippen molar-refractivity contribution in [2.45, 2.75) is 31.8 Å². The Balaban J connectivity index is 1.48. The van der Waals surface area contributed by atoms with Crippen molar-refractivity contribution in [1.82, 2.24) is 21.0 Å². The van der Waals surface area contributed by atoms with Gasteiger partial charge in [-0.05, 0) is 61.7 Å². The molecule has 1 aliphatic carbocycles. The number of Topliss-reactive ketones (excluding diaryl/α,β-unsaturated/α-hetero) is 1. The van der Waals surface area contributed by atoms with Crippen molar-refractivity contribution in [2.24, 2.45) is 0 Å². The average molecular weight is 570 g/mol. The molecule has 1 aromatic heterocycles. The van der Waals surface area contributed by atoms with Crippen LogP contribution < -0.4 is 21.6 Å². The van der Waals surface area contributed by atoms with E-state index in [1.807, 2.05) is 48.7 Å². The van der Waals surface area contributed by atoms with E-state index in [0.717, 1.165) is 24.1 Å². The third-order valence-corrected chi connectivity index (χ3v) is 7.53. The summed E-state index contributed by atoms with van der Waals surface area (Å²) in [7, 11) is 0. The summed E-state index contributed by atoms with van der Waals surface area (Å²) in [5, 5.41) is 20.7. The van der Waals surface area contributed by atoms with E-state index in [0.29, 0.717) is 55.2 Å². The van der Waals surface area contributed by atoms with E-state index in [9.17, 15) is 10.1 Å². The summed E-state index contributed by atoms with van der Waals surface area (Å²) in [5.41, 5.74) is 11.4. The average Bonchev–Trinajstić information content (AvgIpc) is 3.68. The first kappa shape index (κ1) is 26.0. The fraction of sp³-hybridized carbons (Fsp3) is 0.167. The number of carbonyl (C=O) groups excluding carboxylic acids is 1. The highest BCUT2D eigenvalue weighted by atomic mass is 35.5. The first-order valence-corrected chi connectivity index (χ1v) is 13.6. The first-order chi connectivity index (χ1) is 19.4. The summed E-state index contributed by atoms with van der Waals surface area (Å²) < 4.78 is 0. The molecule has 0 bridgehead atoms. The Hall–Kier alpha value is -4.29. The maximum absolute atomic E-state index is 12.8. The lowest BCUT2D eigenvalue weighted by Crippen LogP contribution is -2.38. The molecule has 1 saturated carbocycles. The van der Waals surface area contributed by atoms with Crippen molar-refractivity contribution in [3.8, 4) is 6.07 Å². The Labute approximate surface area is 241 Å². The van der Waals surface area contributed by atoms with Gasteiger partial charge in [0, 0.05) is 50.8 Å². The van der Waals surface area contributed by atoms with Crippen LogP contribution in [0.2, 0.25) is 10.0 Å². The zero-order valence-electron chi connectivity index (χ0n) is 21.5. The van der Waals surface area contributed by atoms with Crippen LogP contribution in [0.15, 0.2) is 78.8 Å². The molecule has 2 heterocycles. The Kier molecular flexibility index (Phi) is 6.95. The molecule has 40 heavy (non-hydrogen) atoms. The Morgan fingerprint density at radius 2 is 1.95 bits per heavy atom. The van der Waals surface area contributed by atoms with Gasteiger partial charge in [0.15, 0.2) is 5.78 Å². The van der Waals surface area contributed by atoms with E-state index in [2.05, 4.69) is 37.7 Å². The minimum atomic E-state index is -0.362. The predicted octanol–water partition coefficient (Wildman–Crippen LogP) is 6.84. The van der Waals surface area contributed by atoms with Gasteiger partial charge in [-0.25, -0.2) is 0 Å². The van der Waals surface area contributed by atoms with Crippen LogP contribution in [0.5, 0.6) is 0 Å². The number of pyridine rings is 1. The molecule has 3 aromatic carbocycles. The number of hydrogen-bond donors (Lipinski definition) is 4. The number of benzene rings is 3. The molecule has 200 valence electrons. The molecule has 0 amide bonds. The van der Waals surface area contributed by atoms with E-state index in [1.165, 1.54) is 13.1 Å². The van der Waals surface area contributed by atoms with Gasteiger partial charge in [-0.3, -0.25) is 14.8 Å². The Morgan fingerprint density at radius 3 is 2.67 bits per heavy atom. The van der Waals surface area contributed by atoms with Crippen molar-refractivity contribution < 1.29 is 4.79 Å². The Morgan fingerprint density at radius 1 is 1.12 bits per heavy atom. The van der Waals surface area contributed by atoms with Crippen LogP contribution in [0.4, 0.5) is 17.1 Å². The van der Waals surface area contributed by atoms with Crippen LogP contribution in [0.3, 0.4) is 0 Å². The number of anilines is 3. The number of rotatable bonds is 8. The molecule has 1 fully saturated rings. The van der Waals surface area contributed by atoms with Crippen LogP contribution in [-0.2, 0) is 0 Å². The van der Waals surface area contributed by atoms with Crippen molar-refractivity contribution >= 4 is 57.0 Å². The van der Waals surface area contributed by atoms with Crippen molar-refractivity contribution in [1.29, 1.82) is 5.26 Å². The number of fused-ring (bicyclic) bond motifs is 1. The van der Waals surface area contributed by atoms with E-state index in [4.69, 9.17) is 23.2 Å². The lowest BCUT2D eigenvalue weighted by atomic mass is 10.00. The van der Waals surface area contributed by atoms with Crippen molar-refractivity contribution in [2.75, 3.05) is 10.6 Å². The molecule has 8 nitrogen and oxygen atoms in total. The molecule has 1 unspecified atom stereocenters. The smallest absolute Gasteiger partial charge is 0.162 e. The highest BCUT2D eigenvalue weighted by molar-refractivity contribution is 6.31. The van der Waals surface area contributed by atoms with E-state index >= 15 is 0 Å². The molecule has 1 atom stereocenters. The number of nitrogens with zero attached hydrogens (tertiary/aromatic N) is 3. The summed E-state index contributed by atoms with van der Waals surface area (Å²) in [6.45, 7) is 1.51. The maximum Gasteiger partial charge on any atom is 0.162 e. The lowest BCUT2D eigenvalue weighted by molar-refractivity contribution is 0.101. The van der Waals surface area contributed by atoms with Gasteiger partial charge in [-0.2, -0.15) is 5.26 Å². The fourth-order valence-electron chi connectivity index (χ4n) is 4.82. The van der Waals surface area contributed by atoms with Crippen molar-refractivity contribution in [3.05, 3.63) is 105 Å². The Bertz CT molecular complexity index is 1710. The summed E-state index contributed by atoms with van der Waals surface area (Å²) in [6.07, 6.45) is 5.79. The second kappa shape index (κ2) is 10.7. The van der Waals surface area contributed by atoms with Crippen LogP contribution in [-0.4, -0.2) is 21.8 Å². The minimum absolute atomic E-state index is 0.145. The second-order valence-electron chi connectivity index (χ2n) is 9.83. The van der Waals surface area contributed by atoms with E-state index in [1.54, 1.807) is 18.2 Å². The number of aromatic nitrogens is 1. The first-order valence-electron chi connectivity index (χ1n) is 12.8. The van der Waals surface area contributed by atoms with Crippen LogP contribution in [0, 0.1) is 11.3 Å². The van der Waals surface area contributed by atoms with Gasteiger partial charge in [0.2, 0.25) is 0 Å². The number of halogens is 2. The summed E-state index contributed by atoms with van der Waals surface area (Å²) in [6, 6.07) is 20.9. The van der Waals surface area contributed by atoms with Gasteiger partial charge in [-0.15, -0.1) is 5.53 Å². The molecular formula is C30H25Cl2N7O. The van der Waals surface area contributed by atoms with E-state index < -0.39 is 0 Å². The normalized spacial score (nSPS) is 15.2. The number of carbonyl (C=O) groups is 1. The highest BCUT2D eigenvalue weighted by Crippen LogP contribution is 2.38. The van der Waals surface area contributed by atoms with Gasteiger partial charge in [-0.1, -0.05) is 47.5 Å². The monoisotopic (exact) mass is 569 g/mol. The quantitative estimate of drug-likeness (QED) is 0.171. The SMILES string of the molecule is CC(=O)c1cc(NC(C2=CN(C3CC3)NN2)c2ccccc2Cl)cc2c(Nc3cccc(Cl)c3)c(C#N)cnc12. The summed E-state index contributed by atoms with van der Waals surface area (Å²) >= 11 is 12.9. The van der Waals surface area contributed by atoms with Gasteiger partial charge in [0.05, 0.1) is 28.5 Å². The van der Waals surface area contributed by atoms with Crippen LogP contribution >= 0.6 is 23.2 Å². The maximum atomic E-state index is 12.8. The molecule has 0 spiro atoms. The van der Waals surface area contributed by atoms with E-state index in [-0.39, 0.29) is 11.8 Å². The second-order valence-corrected chi connectivity index (χ2v) is 10.7. The molecule has 10 heteroatoms. The molecule has 0 radical (unpaired) electrons. The zero-order chi connectivity index (χ0) is 27.8. The fourth-order valence-corrected chi connectivity index (χ4v) is 5.26. The number of hydrazine groups is 2. The standard InChI is InChI=1S/C30H25Cl2N7O/c1-17(40)24-12-21(13-25-28(18(14-33)15-34-29(24)25)35-20-6-4-5-19(31)11-20)36-30(23-7-2-3-8-26(23)32)27-16-39(38-37-27)22-9-10-22/h2-8,11-13,15-16,22,30,36-38H,9-10H2,1H3,(H,34,35). The molecule has 6 rings (SSSR count). The van der Waals surface area contributed by atoms with Gasteiger partial charge in [0.25, 0.3) is 0 Å². The summed E-state index contributed by atoms with van der Waals surface area (Å²) in [5.74, 6) is -0.145. The third kappa shape index (κ3) is 5.15. The number of hydrogen-bond acceptors (Lipinski definition) is 8. The predicted molar refractivity (Wildman–Crippen MR) is 158 cm³/mol.